The molecule has 1 heteroatoms. The largest absolute Gasteiger partial charge is 0.266 e. The van der Waals surface area contributed by atoms with Crippen LogP contribution in [0.15, 0.2) is 28.9 Å². The number of aliphatic imine (C=N–C) groups is 1. The molecule has 0 saturated carbocycles. The van der Waals surface area contributed by atoms with E-state index in [1.54, 1.807) is 6.21 Å². The molecule has 0 unspecified atom stereocenters. The minimum absolute atomic E-state index is 1.04. The standard InChI is InChI=1S/C8H13N/c1-4-6-7-8(3)9-5-2/h4-7H,1-3H3/b6-4-,8-7-,9-5?. The van der Waals surface area contributed by atoms with Crippen LogP contribution in [0, 0.1) is 0 Å². The van der Waals surface area contributed by atoms with Crippen molar-refractivity contribution in [3.63, 3.8) is 0 Å². The van der Waals surface area contributed by atoms with Gasteiger partial charge in [0.2, 0.25) is 0 Å². The van der Waals surface area contributed by atoms with Crippen LogP contribution in [0.1, 0.15) is 20.8 Å². The van der Waals surface area contributed by atoms with Gasteiger partial charge in [0.05, 0.1) is 0 Å². The van der Waals surface area contributed by atoms with E-state index in [9.17, 15) is 0 Å². The van der Waals surface area contributed by atoms with E-state index in [2.05, 4.69) is 4.99 Å². The normalized spacial score (nSPS) is 13.9. The number of allylic oxidation sites excluding steroid dienone is 4. The summed E-state index contributed by atoms with van der Waals surface area (Å²) in [4.78, 5) is 4.05. The van der Waals surface area contributed by atoms with Gasteiger partial charge in [-0.05, 0) is 26.8 Å². The molecule has 0 rings (SSSR count). The molecule has 0 atom stereocenters. The number of rotatable bonds is 2. The lowest BCUT2D eigenvalue weighted by atomic mass is 10.4. The monoisotopic (exact) mass is 123 g/mol. The second kappa shape index (κ2) is 5.29. The predicted octanol–water partition coefficient (Wildman–Crippen LogP) is 2.56. The third kappa shape index (κ3) is 5.01. The lowest BCUT2D eigenvalue weighted by Gasteiger charge is -1.83. The molecule has 0 aliphatic rings. The molecule has 0 saturated heterocycles. The smallest absolute Gasteiger partial charge is 0.0368 e. The number of nitrogens with zero attached hydrogens (tertiary/aromatic N) is 1. The summed E-state index contributed by atoms with van der Waals surface area (Å²) in [5.41, 5.74) is 1.04. The van der Waals surface area contributed by atoms with E-state index >= 15 is 0 Å². The third-order valence-electron chi connectivity index (χ3n) is 0.863. The summed E-state index contributed by atoms with van der Waals surface area (Å²) in [6.07, 6.45) is 7.71. The van der Waals surface area contributed by atoms with Crippen LogP contribution in [-0.4, -0.2) is 6.21 Å². The molecule has 0 N–H and O–H groups in total. The van der Waals surface area contributed by atoms with Gasteiger partial charge in [-0.25, -0.2) is 0 Å². The Kier molecular flexibility index (Phi) is 4.79. The Morgan fingerprint density at radius 3 is 2.44 bits per heavy atom. The van der Waals surface area contributed by atoms with E-state index in [0.717, 1.165) is 5.70 Å². The average molecular weight is 123 g/mol. The van der Waals surface area contributed by atoms with Gasteiger partial charge in [-0.3, -0.25) is 4.99 Å². The Morgan fingerprint density at radius 2 is 2.00 bits per heavy atom. The van der Waals surface area contributed by atoms with Crippen LogP contribution >= 0.6 is 0 Å². The minimum atomic E-state index is 1.04. The molecule has 1 nitrogen and oxygen atoms in total. The van der Waals surface area contributed by atoms with Gasteiger partial charge in [0.15, 0.2) is 0 Å². The predicted molar refractivity (Wildman–Crippen MR) is 42.7 cm³/mol. The van der Waals surface area contributed by atoms with E-state index in [1.165, 1.54) is 0 Å². The molecule has 0 fully saturated rings. The van der Waals surface area contributed by atoms with Crippen LogP contribution in [0.4, 0.5) is 0 Å². The highest BCUT2D eigenvalue weighted by molar-refractivity contribution is 5.55. The van der Waals surface area contributed by atoms with Crippen molar-refractivity contribution in [3.05, 3.63) is 23.9 Å². The first kappa shape index (κ1) is 8.15. The Morgan fingerprint density at radius 1 is 1.33 bits per heavy atom. The minimum Gasteiger partial charge on any atom is -0.266 e. The van der Waals surface area contributed by atoms with E-state index in [1.807, 2.05) is 39.0 Å². The first-order valence-electron chi connectivity index (χ1n) is 3.09. The summed E-state index contributed by atoms with van der Waals surface area (Å²) in [5, 5.41) is 0. The summed E-state index contributed by atoms with van der Waals surface area (Å²) in [5.74, 6) is 0. The van der Waals surface area contributed by atoms with Crippen molar-refractivity contribution < 1.29 is 0 Å². The summed E-state index contributed by atoms with van der Waals surface area (Å²) >= 11 is 0. The Hall–Kier alpha value is -0.850. The fraction of sp³-hybridized carbons (Fsp3) is 0.375. The average Bonchev–Trinajstić information content (AvgIpc) is 1.85. The van der Waals surface area contributed by atoms with Gasteiger partial charge in [-0.1, -0.05) is 12.2 Å². The highest BCUT2D eigenvalue weighted by atomic mass is 14.7. The first-order chi connectivity index (χ1) is 4.31. The van der Waals surface area contributed by atoms with Gasteiger partial charge in [-0.15, -0.1) is 0 Å². The van der Waals surface area contributed by atoms with E-state index < -0.39 is 0 Å². The molecule has 0 aromatic heterocycles. The highest BCUT2D eigenvalue weighted by Gasteiger charge is 1.73. The zero-order valence-electron chi connectivity index (χ0n) is 6.26. The van der Waals surface area contributed by atoms with Crippen LogP contribution in [0.5, 0.6) is 0 Å². The van der Waals surface area contributed by atoms with E-state index in [0.29, 0.717) is 0 Å². The molecule has 0 aromatic rings. The highest BCUT2D eigenvalue weighted by Crippen LogP contribution is 1.92. The lowest BCUT2D eigenvalue weighted by Crippen LogP contribution is -1.66. The first-order valence-corrected chi connectivity index (χ1v) is 3.09. The SMILES string of the molecule is CC=N/C(C)=C\C=C/C. The van der Waals surface area contributed by atoms with Crippen molar-refractivity contribution >= 4 is 6.21 Å². The second-order valence-corrected chi connectivity index (χ2v) is 1.72. The summed E-state index contributed by atoms with van der Waals surface area (Å²) in [7, 11) is 0. The summed E-state index contributed by atoms with van der Waals surface area (Å²) < 4.78 is 0. The van der Waals surface area contributed by atoms with Gasteiger partial charge in [0.1, 0.15) is 0 Å². The molecule has 0 radical (unpaired) electrons. The van der Waals surface area contributed by atoms with Crippen LogP contribution in [-0.2, 0) is 0 Å². The molecular formula is C8H13N. The molecular weight excluding hydrogens is 110 g/mol. The van der Waals surface area contributed by atoms with Crippen molar-refractivity contribution in [1.29, 1.82) is 0 Å². The second-order valence-electron chi connectivity index (χ2n) is 1.72. The van der Waals surface area contributed by atoms with Gasteiger partial charge in [0, 0.05) is 11.9 Å². The van der Waals surface area contributed by atoms with Crippen LogP contribution in [0.2, 0.25) is 0 Å². The molecule has 0 amide bonds. The van der Waals surface area contributed by atoms with Crippen molar-refractivity contribution in [2.75, 3.05) is 0 Å². The number of hydrogen-bond acceptors (Lipinski definition) is 1. The summed E-state index contributed by atoms with van der Waals surface area (Å²) in [6, 6.07) is 0. The molecule has 0 aliphatic heterocycles. The van der Waals surface area contributed by atoms with Gasteiger partial charge >= 0.3 is 0 Å². The quantitative estimate of drug-likeness (QED) is 0.395. The molecule has 50 valence electrons. The molecule has 0 heterocycles. The van der Waals surface area contributed by atoms with Gasteiger partial charge in [0.25, 0.3) is 0 Å². The Labute approximate surface area is 56.8 Å². The van der Waals surface area contributed by atoms with Crippen LogP contribution in [0.25, 0.3) is 0 Å². The molecule has 0 bridgehead atoms. The Balaban J connectivity index is 3.84. The summed E-state index contributed by atoms with van der Waals surface area (Å²) in [6.45, 7) is 5.87. The van der Waals surface area contributed by atoms with Crippen molar-refractivity contribution in [3.8, 4) is 0 Å². The zero-order chi connectivity index (χ0) is 7.11. The van der Waals surface area contributed by atoms with Crippen LogP contribution in [0.3, 0.4) is 0 Å². The fourth-order valence-electron chi connectivity index (χ4n) is 0.482. The Bertz CT molecular complexity index is 141. The molecule has 0 aromatic carbocycles. The maximum atomic E-state index is 4.05. The maximum absolute atomic E-state index is 4.05. The maximum Gasteiger partial charge on any atom is 0.0368 e. The molecule has 0 aliphatic carbocycles. The van der Waals surface area contributed by atoms with Crippen molar-refractivity contribution in [1.82, 2.24) is 0 Å². The van der Waals surface area contributed by atoms with Crippen molar-refractivity contribution in [2.24, 2.45) is 4.99 Å². The zero-order valence-corrected chi connectivity index (χ0v) is 6.26. The van der Waals surface area contributed by atoms with E-state index in [4.69, 9.17) is 0 Å². The van der Waals surface area contributed by atoms with E-state index in [-0.39, 0.29) is 0 Å². The van der Waals surface area contributed by atoms with Gasteiger partial charge in [-0.2, -0.15) is 0 Å². The molecule has 0 spiro atoms. The molecule has 9 heavy (non-hydrogen) atoms. The number of hydrogen-bond donors (Lipinski definition) is 0. The fourth-order valence-corrected chi connectivity index (χ4v) is 0.482. The third-order valence-corrected chi connectivity index (χ3v) is 0.863. The lowest BCUT2D eigenvalue weighted by molar-refractivity contribution is 1.31. The van der Waals surface area contributed by atoms with Crippen molar-refractivity contribution in [2.45, 2.75) is 20.8 Å². The topological polar surface area (TPSA) is 12.4 Å². The van der Waals surface area contributed by atoms with Crippen LogP contribution < -0.4 is 0 Å². The van der Waals surface area contributed by atoms with Gasteiger partial charge < -0.3 is 0 Å².